The van der Waals surface area contributed by atoms with Crippen LogP contribution in [0.3, 0.4) is 0 Å². The third-order valence-corrected chi connectivity index (χ3v) is 4.28. The zero-order valence-electron chi connectivity index (χ0n) is 15.8. The Morgan fingerprint density at radius 3 is 2.41 bits per heavy atom. The third-order valence-electron chi connectivity index (χ3n) is 4.28. The average Bonchev–Trinajstić information content (AvgIpc) is 2.70. The van der Waals surface area contributed by atoms with E-state index in [1.54, 1.807) is 19.9 Å². The van der Waals surface area contributed by atoms with Crippen molar-refractivity contribution in [2.75, 3.05) is 6.61 Å². The lowest BCUT2D eigenvalue weighted by atomic mass is 10.0. The number of pyridine rings is 1. The number of esters is 1. The maximum Gasteiger partial charge on any atom is 0.343 e. The van der Waals surface area contributed by atoms with Gasteiger partial charge in [-0.05, 0) is 56.3 Å². The first-order chi connectivity index (χ1) is 13.8. The molecule has 2 aromatic carbocycles. The van der Waals surface area contributed by atoms with E-state index < -0.39 is 23.1 Å². The molecule has 3 rings (SSSR count). The van der Waals surface area contributed by atoms with E-state index in [0.717, 1.165) is 28.3 Å². The van der Waals surface area contributed by atoms with Gasteiger partial charge in [0, 0.05) is 17.4 Å². The number of aromatic hydroxyl groups is 1. The number of carbonyl (C=O) groups excluding carboxylic acids is 2. The first-order valence-corrected chi connectivity index (χ1v) is 8.86. The number of phenols is 1. The Bertz CT molecular complexity index is 1150. The van der Waals surface area contributed by atoms with E-state index in [0.29, 0.717) is 0 Å². The highest BCUT2D eigenvalue weighted by atomic mass is 19.1. The highest BCUT2D eigenvalue weighted by Crippen LogP contribution is 2.22. The summed E-state index contributed by atoms with van der Waals surface area (Å²) in [5.41, 5.74) is 0.00455. The van der Waals surface area contributed by atoms with Crippen LogP contribution < -0.4 is 5.56 Å². The van der Waals surface area contributed by atoms with Gasteiger partial charge in [-0.15, -0.1) is 0 Å². The van der Waals surface area contributed by atoms with Gasteiger partial charge in [-0.3, -0.25) is 14.2 Å². The number of nitrogens with zero attached hydrogens (tertiary/aromatic N) is 1. The predicted molar refractivity (Wildman–Crippen MR) is 104 cm³/mol. The molecule has 148 valence electrons. The van der Waals surface area contributed by atoms with Crippen molar-refractivity contribution in [1.29, 1.82) is 0 Å². The molecule has 1 heterocycles. The molecule has 0 aliphatic rings. The van der Waals surface area contributed by atoms with Crippen LogP contribution >= 0.6 is 0 Å². The molecule has 1 N–H and O–H groups in total. The molecule has 6 nitrogen and oxygen atoms in total. The summed E-state index contributed by atoms with van der Waals surface area (Å²) < 4.78 is 19.3. The summed E-state index contributed by atoms with van der Waals surface area (Å²) in [6.45, 7) is 3.40. The lowest BCUT2D eigenvalue weighted by molar-refractivity contribution is 0.0524. The van der Waals surface area contributed by atoms with Crippen molar-refractivity contribution in [3.8, 4) is 11.4 Å². The Morgan fingerprint density at radius 1 is 1.07 bits per heavy atom. The average molecular weight is 395 g/mol. The van der Waals surface area contributed by atoms with Crippen LogP contribution in [0.2, 0.25) is 0 Å². The van der Waals surface area contributed by atoms with E-state index >= 15 is 0 Å². The predicted octanol–water partition coefficient (Wildman–Crippen LogP) is 3.40. The molecule has 7 heteroatoms. The fraction of sp³-hybridized carbons (Fsp3) is 0.136. The lowest BCUT2D eigenvalue weighted by Crippen LogP contribution is -2.27. The highest BCUT2D eigenvalue weighted by molar-refractivity contribution is 6.11. The highest BCUT2D eigenvalue weighted by Gasteiger charge is 2.21. The molecule has 0 radical (unpaired) electrons. The molecule has 0 unspecified atom stereocenters. The molecular formula is C22H18FNO5. The molecule has 3 aromatic rings. The molecule has 0 aliphatic carbocycles. The number of ketones is 1. The fourth-order valence-corrected chi connectivity index (χ4v) is 2.84. The fourth-order valence-electron chi connectivity index (χ4n) is 2.84. The summed E-state index contributed by atoms with van der Waals surface area (Å²) in [7, 11) is 0. The maximum absolute atomic E-state index is 13.3. The van der Waals surface area contributed by atoms with E-state index in [1.807, 2.05) is 0 Å². The number of rotatable bonds is 5. The molecule has 1 aromatic heterocycles. The number of aromatic nitrogens is 1. The number of aryl methyl sites for hydroxylation is 1. The lowest BCUT2D eigenvalue weighted by Gasteiger charge is -2.12. The van der Waals surface area contributed by atoms with Crippen molar-refractivity contribution < 1.29 is 23.8 Å². The first kappa shape index (κ1) is 20.0. The minimum absolute atomic E-state index is 0.00196. The van der Waals surface area contributed by atoms with Crippen LogP contribution in [0, 0.1) is 12.7 Å². The minimum atomic E-state index is -0.878. The summed E-state index contributed by atoms with van der Waals surface area (Å²) >= 11 is 0. The number of halogens is 1. The van der Waals surface area contributed by atoms with Crippen molar-refractivity contribution in [2.45, 2.75) is 13.8 Å². The number of benzene rings is 2. The third kappa shape index (κ3) is 4.08. The van der Waals surface area contributed by atoms with Crippen LogP contribution in [0.15, 0.2) is 59.5 Å². The van der Waals surface area contributed by atoms with Crippen LogP contribution in [0.5, 0.6) is 5.75 Å². The van der Waals surface area contributed by atoms with E-state index in [2.05, 4.69) is 0 Å². The molecule has 0 amide bonds. The van der Waals surface area contributed by atoms with Crippen molar-refractivity contribution in [3.63, 3.8) is 0 Å². The Balaban J connectivity index is 2.22. The molecule has 0 aliphatic heterocycles. The molecule has 0 saturated heterocycles. The van der Waals surface area contributed by atoms with Crippen molar-refractivity contribution in [3.05, 3.63) is 93.2 Å². The number of hydrogen-bond donors (Lipinski definition) is 1. The first-order valence-electron chi connectivity index (χ1n) is 8.86. The molecule has 0 spiro atoms. The smallest absolute Gasteiger partial charge is 0.343 e. The van der Waals surface area contributed by atoms with Crippen LogP contribution in [0.1, 0.15) is 38.8 Å². The van der Waals surface area contributed by atoms with Crippen LogP contribution in [-0.4, -0.2) is 28.0 Å². The van der Waals surface area contributed by atoms with Crippen molar-refractivity contribution in [2.24, 2.45) is 0 Å². The Hall–Kier alpha value is -3.74. The zero-order valence-corrected chi connectivity index (χ0v) is 15.8. The summed E-state index contributed by atoms with van der Waals surface area (Å²) in [6, 6.07) is 10.7. The van der Waals surface area contributed by atoms with Gasteiger partial charge in [0.2, 0.25) is 0 Å². The number of carbonyl (C=O) groups is 2. The van der Waals surface area contributed by atoms with Gasteiger partial charge in [-0.2, -0.15) is 0 Å². The van der Waals surface area contributed by atoms with Gasteiger partial charge in [-0.1, -0.05) is 11.6 Å². The standard InChI is InChI=1S/C22H18FNO5/c1-3-29-22(28)18-11-14(20(26)17-10-13(2)4-9-19(17)25)12-24(21(18)27)16-7-5-15(23)6-8-16/h4-12,25H,3H2,1-2H3. The van der Waals surface area contributed by atoms with Gasteiger partial charge in [0.1, 0.15) is 17.1 Å². The van der Waals surface area contributed by atoms with Gasteiger partial charge in [0.25, 0.3) is 5.56 Å². The van der Waals surface area contributed by atoms with Crippen LogP contribution in [-0.2, 0) is 4.74 Å². The van der Waals surface area contributed by atoms with E-state index in [4.69, 9.17) is 4.74 Å². The molecule has 0 saturated carbocycles. The Labute approximate surface area is 165 Å². The van der Waals surface area contributed by atoms with Crippen LogP contribution in [0.25, 0.3) is 5.69 Å². The SMILES string of the molecule is CCOC(=O)c1cc(C(=O)c2cc(C)ccc2O)cn(-c2ccc(F)cc2)c1=O. The quantitative estimate of drug-likeness (QED) is 0.529. The van der Waals surface area contributed by atoms with Crippen LogP contribution in [0.4, 0.5) is 4.39 Å². The normalized spacial score (nSPS) is 10.6. The Kier molecular flexibility index (Phi) is 5.59. The van der Waals surface area contributed by atoms with Gasteiger partial charge >= 0.3 is 5.97 Å². The number of ether oxygens (including phenoxy) is 1. The van der Waals surface area contributed by atoms with E-state index in [-0.39, 0.29) is 34.7 Å². The van der Waals surface area contributed by atoms with Gasteiger partial charge in [0.05, 0.1) is 12.2 Å². The summed E-state index contributed by atoms with van der Waals surface area (Å²) in [6.07, 6.45) is 1.25. The van der Waals surface area contributed by atoms with Gasteiger partial charge in [0.15, 0.2) is 5.78 Å². The number of phenolic OH excluding ortho intramolecular Hbond substituents is 1. The molecule has 0 bridgehead atoms. The molecule has 29 heavy (non-hydrogen) atoms. The van der Waals surface area contributed by atoms with Crippen molar-refractivity contribution in [1.82, 2.24) is 4.57 Å². The summed E-state index contributed by atoms with van der Waals surface area (Å²) in [4.78, 5) is 38.1. The Morgan fingerprint density at radius 2 is 1.76 bits per heavy atom. The van der Waals surface area contributed by atoms with E-state index in [9.17, 15) is 23.9 Å². The molecule has 0 atom stereocenters. The summed E-state index contributed by atoms with van der Waals surface area (Å²) in [5.74, 6) is -2.17. The molecule has 0 fully saturated rings. The topological polar surface area (TPSA) is 85.6 Å². The second-order valence-corrected chi connectivity index (χ2v) is 6.36. The minimum Gasteiger partial charge on any atom is -0.507 e. The second-order valence-electron chi connectivity index (χ2n) is 6.36. The second kappa shape index (κ2) is 8.10. The largest absolute Gasteiger partial charge is 0.507 e. The zero-order chi connectivity index (χ0) is 21.1. The molecular weight excluding hydrogens is 377 g/mol. The monoisotopic (exact) mass is 395 g/mol. The van der Waals surface area contributed by atoms with Gasteiger partial charge < -0.3 is 9.84 Å². The maximum atomic E-state index is 13.3. The van der Waals surface area contributed by atoms with Crippen molar-refractivity contribution >= 4 is 11.8 Å². The summed E-state index contributed by atoms with van der Waals surface area (Å²) in [5, 5.41) is 10.1. The van der Waals surface area contributed by atoms with E-state index in [1.165, 1.54) is 30.5 Å². The van der Waals surface area contributed by atoms with Gasteiger partial charge in [-0.25, -0.2) is 9.18 Å². The number of hydrogen-bond acceptors (Lipinski definition) is 5.